The SMILES string of the molecule is COc1cc(-c2nc(-c3ccc(N(C)C)cc3)c(-c3ccc(N(C)C)cc3)[nH]2)cc(OC)c1OC(C)=O. The zero-order valence-electron chi connectivity index (χ0n) is 22.2. The molecule has 1 N–H and O–H groups in total. The Kier molecular flexibility index (Phi) is 7.38. The van der Waals surface area contributed by atoms with Crippen LogP contribution in [0.5, 0.6) is 17.2 Å². The summed E-state index contributed by atoms with van der Waals surface area (Å²) in [4.78, 5) is 24.3. The van der Waals surface area contributed by atoms with Gasteiger partial charge in [-0.25, -0.2) is 4.98 Å². The van der Waals surface area contributed by atoms with Gasteiger partial charge < -0.3 is 29.0 Å². The fourth-order valence-corrected chi connectivity index (χ4v) is 4.03. The number of ether oxygens (including phenoxy) is 3. The van der Waals surface area contributed by atoms with Gasteiger partial charge in [-0.3, -0.25) is 4.79 Å². The van der Waals surface area contributed by atoms with Crippen molar-refractivity contribution in [2.45, 2.75) is 6.92 Å². The minimum atomic E-state index is -0.464. The van der Waals surface area contributed by atoms with Gasteiger partial charge in [-0.15, -0.1) is 0 Å². The van der Waals surface area contributed by atoms with Crippen LogP contribution in [0.4, 0.5) is 11.4 Å². The maximum absolute atomic E-state index is 11.6. The molecule has 0 saturated heterocycles. The van der Waals surface area contributed by atoms with Crippen LogP contribution in [0.25, 0.3) is 33.9 Å². The highest BCUT2D eigenvalue weighted by molar-refractivity contribution is 5.83. The quantitative estimate of drug-likeness (QED) is 0.253. The molecular formula is C29H32N4O4. The van der Waals surface area contributed by atoms with Crippen molar-refractivity contribution in [3.8, 4) is 51.2 Å². The molecule has 8 nitrogen and oxygen atoms in total. The number of carbonyl (C=O) groups is 1. The topological polar surface area (TPSA) is 79.9 Å². The van der Waals surface area contributed by atoms with E-state index in [2.05, 4.69) is 63.3 Å². The second kappa shape index (κ2) is 10.7. The molecule has 0 aliphatic carbocycles. The lowest BCUT2D eigenvalue weighted by atomic mass is 10.0. The average molecular weight is 501 g/mol. The van der Waals surface area contributed by atoms with Crippen LogP contribution in [0.1, 0.15) is 6.92 Å². The summed E-state index contributed by atoms with van der Waals surface area (Å²) in [5.41, 5.74) is 6.64. The standard InChI is InChI=1S/C29H32N4O4/c1-18(34)37-28-24(35-6)16-21(17-25(28)36-7)29-30-26(19-8-12-22(13-9-19)32(2)3)27(31-29)20-10-14-23(15-11-20)33(4)5/h8-17H,1-7H3,(H,30,31). The molecule has 0 unspecified atom stereocenters. The molecule has 0 aliphatic heterocycles. The first-order chi connectivity index (χ1) is 17.7. The Morgan fingerprint density at radius 3 is 1.68 bits per heavy atom. The number of nitrogens with one attached hydrogen (secondary N) is 1. The molecule has 0 spiro atoms. The number of hydrogen-bond acceptors (Lipinski definition) is 7. The Hall–Kier alpha value is -4.46. The van der Waals surface area contributed by atoms with Crippen molar-refractivity contribution in [3.05, 3.63) is 60.7 Å². The van der Waals surface area contributed by atoms with Crippen LogP contribution < -0.4 is 24.0 Å². The van der Waals surface area contributed by atoms with Gasteiger partial charge in [-0.2, -0.15) is 0 Å². The number of carbonyl (C=O) groups excluding carboxylic acids is 1. The number of H-pyrrole nitrogens is 1. The summed E-state index contributed by atoms with van der Waals surface area (Å²) in [5.74, 6) is 1.13. The minimum absolute atomic E-state index is 0.229. The Labute approximate surface area is 217 Å². The fourth-order valence-electron chi connectivity index (χ4n) is 4.03. The Balaban J connectivity index is 1.88. The third kappa shape index (κ3) is 5.38. The van der Waals surface area contributed by atoms with E-state index in [1.54, 1.807) is 12.1 Å². The lowest BCUT2D eigenvalue weighted by Crippen LogP contribution is -2.08. The van der Waals surface area contributed by atoms with Gasteiger partial charge >= 0.3 is 5.97 Å². The van der Waals surface area contributed by atoms with Crippen LogP contribution in [-0.2, 0) is 4.79 Å². The molecule has 1 heterocycles. The van der Waals surface area contributed by atoms with Crippen molar-refractivity contribution < 1.29 is 19.0 Å². The summed E-state index contributed by atoms with van der Waals surface area (Å²) in [6, 6.07) is 20.1. The van der Waals surface area contributed by atoms with Crippen LogP contribution in [0, 0.1) is 0 Å². The van der Waals surface area contributed by atoms with Crippen LogP contribution in [0.2, 0.25) is 0 Å². The zero-order chi connectivity index (χ0) is 26.7. The van der Waals surface area contributed by atoms with Crippen molar-refractivity contribution in [2.24, 2.45) is 0 Å². The molecule has 0 radical (unpaired) electrons. The Morgan fingerprint density at radius 1 is 0.757 bits per heavy atom. The van der Waals surface area contributed by atoms with Crippen molar-refractivity contribution >= 4 is 17.3 Å². The second-order valence-electron chi connectivity index (χ2n) is 9.00. The largest absolute Gasteiger partial charge is 0.493 e. The molecule has 192 valence electrons. The number of rotatable bonds is 8. The monoisotopic (exact) mass is 500 g/mol. The van der Waals surface area contributed by atoms with Gasteiger partial charge in [-0.05, 0) is 36.4 Å². The van der Waals surface area contributed by atoms with Crippen molar-refractivity contribution in [3.63, 3.8) is 0 Å². The first-order valence-corrected chi connectivity index (χ1v) is 11.8. The number of anilines is 2. The van der Waals surface area contributed by atoms with Crippen LogP contribution in [-0.4, -0.2) is 58.3 Å². The van der Waals surface area contributed by atoms with E-state index in [0.717, 1.165) is 39.5 Å². The summed E-state index contributed by atoms with van der Waals surface area (Å²) in [7, 11) is 11.1. The summed E-state index contributed by atoms with van der Waals surface area (Å²) in [6.07, 6.45) is 0. The van der Waals surface area contributed by atoms with E-state index in [9.17, 15) is 4.79 Å². The molecule has 0 fully saturated rings. The van der Waals surface area contributed by atoms with Crippen molar-refractivity contribution in [1.29, 1.82) is 0 Å². The maximum Gasteiger partial charge on any atom is 0.308 e. The summed E-state index contributed by atoms with van der Waals surface area (Å²) in [5, 5.41) is 0. The highest BCUT2D eigenvalue weighted by atomic mass is 16.6. The smallest absolute Gasteiger partial charge is 0.308 e. The summed E-state index contributed by atoms with van der Waals surface area (Å²) in [6.45, 7) is 1.33. The van der Waals surface area contributed by atoms with E-state index in [1.807, 2.05) is 28.2 Å². The number of nitrogens with zero attached hydrogens (tertiary/aromatic N) is 3. The minimum Gasteiger partial charge on any atom is -0.493 e. The highest BCUT2D eigenvalue weighted by Gasteiger charge is 2.21. The van der Waals surface area contributed by atoms with E-state index >= 15 is 0 Å². The molecule has 8 heteroatoms. The van der Waals surface area contributed by atoms with Crippen molar-refractivity contribution in [2.75, 3.05) is 52.2 Å². The second-order valence-corrected chi connectivity index (χ2v) is 9.00. The third-order valence-electron chi connectivity index (χ3n) is 6.01. The van der Waals surface area contributed by atoms with Gasteiger partial charge in [0.25, 0.3) is 0 Å². The van der Waals surface area contributed by atoms with Crippen LogP contribution in [0.15, 0.2) is 60.7 Å². The Bertz CT molecular complexity index is 1300. The predicted octanol–water partition coefficient (Wildman–Crippen LogP) is 5.49. The maximum atomic E-state index is 11.6. The molecular weight excluding hydrogens is 468 g/mol. The van der Waals surface area contributed by atoms with E-state index in [0.29, 0.717) is 17.3 Å². The molecule has 0 bridgehead atoms. The number of aromatic nitrogens is 2. The molecule has 0 saturated carbocycles. The van der Waals surface area contributed by atoms with Gasteiger partial charge in [0.2, 0.25) is 5.75 Å². The lowest BCUT2D eigenvalue weighted by Gasteiger charge is -2.13. The number of methoxy groups -OCH3 is 2. The first-order valence-electron chi connectivity index (χ1n) is 11.8. The lowest BCUT2D eigenvalue weighted by molar-refractivity contribution is -0.132. The van der Waals surface area contributed by atoms with E-state index in [1.165, 1.54) is 21.1 Å². The Morgan fingerprint density at radius 2 is 1.24 bits per heavy atom. The molecule has 37 heavy (non-hydrogen) atoms. The number of hydrogen-bond donors (Lipinski definition) is 1. The van der Waals surface area contributed by atoms with E-state index in [4.69, 9.17) is 19.2 Å². The van der Waals surface area contributed by atoms with Gasteiger partial charge in [0, 0.05) is 63.2 Å². The van der Waals surface area contributed by atoms with Crippen LogP contribution >= 0.6 is 0 Å². The predicted molar refractivity (Wildman–Crippen MR) is 148 cm³/mol. The first kappa shape index (κ1) is 25.6. The molecule has 0 atom stereocenters. The van der Waals surface area contributed by atoms with Gasteiger partial charge in [0.05, 0.1) is 25.6 Å². The number of benzene rings is 3. The molecule has 4 rings (SSSR count). The number of aromatic amines is 1. The zero-order valence-corrected chi connectivity index (χ0v) is 22.2. The molecule has 0 amide bonds. The molecule has 1 aromatic heterocycles. The van der Waals surface area contributed by atoms with Gasteiger partial charge in [-0.1, -0.05) is 24.3 Å². The molecule has 4 aromatic rings. The average Bonchev–Trinajstić information content (AvgIpc) is 3.34. The highest BCUT2D eigenvalue weighted by Crippen LogP contribution is 2.42. The van der Waals surface area contributed by atoms with Gasteiger partial charge in [0.1, 0.15) is 5.82 Å². The van der Waals surface area contributed by atoms with E-state index < -0.39 is 5.97 Å². The normalized spacial score (nSPS) is 10.7. The number of esters is 1. The molecule has 3 aromatic carbocycles. The number of imidazole rings is 1. The van der Waals surface area contributed by atoms with Crippen LogP contribution in [0.3, 0.4) is 0 Å². The van der Waals surface area contributed by atoms with Gasteiger partial charge in [0.15, 0.2) is 11.5 Å². The van der Waals surface area contributed by atoms with Crippen molar-refractivity contribution in [1.82, 2.24) is 9.97 Å². The summed E-state index contributed by atoms with van der Waals surface area (Å²) < 4.78 is 16.4. The fraction of sp³-hybridized carbons (Fsp3) is 0.241. The third-order valence-corrected chi connectivity index (χ3v) is 6.01. The molecule has 0 aliphatic rings. The van der Waals surface area contributed by atoms with E-state index in [-0.39, 0.29) is 5.75 Å². The summed E-state index contributed by atoms with van der Waals surface area (Å²) >= 11 is 0.